The first-order chi connectivity index (χ1) is 10.6. The van der Waals surface area contributed by atoms with Crippen molar-refractivity contribution in [2.75, 3.05) is 5.01 Å². The van der Waals surface area contributed by atoms with Crippen LogP contribution in [0.5, 0.6) is 0 Å². The fourth-order valence-corrected chi connectivity index (χ4v) is 3.53. The molecule has 1 atom stereocenters. The Labute approximate surface area is 134 Å². The van der Waals surface area contributed by atoms with Crippen molar-refractivity contribution >= 4 is 28.9 Å². The van der Waals surface area contributed by atoms with Crippen LogP contribution < -0.4 is 5.01 Å². The minimum Gasteiger partial charge on any atom is -0.273 e. The van der Waals surface area contributed by atoms with Crippen molar-refractivity contribution < 1.29 is 4.79 Å². The van der Waals surface area contributed by atoms with Crippen molar-refractivity contribution in [3.63, 3.8) is 0 Å². The lowest BCUT2D eigenvalue weighted by atomic mass is 9.80. The molecule has 0 saturated heterocycles. The van der Waals surface area contributed by atoms with E-state index >= 15 is 0 Å². The Hall–Kier alpha value is -2.13. The summed E-state index contributed by atoms with van der Waals surface area (Å²) in [6, 6.07) is 15.5. The van der Waals surface area contributed by atoms with Gasteiger partial charge >= 0.3 is 0 Å². The molecule has 0 bridgehead atoms. The highest BCUT2D eigenvalue weighted by Gasteiger charge is 2.45. The molecule has 1 amide bonds. The topological polar surface area (TPSA) is 32.7 Å². The Bertz CT molecular complexity index is 797. The van der Waals surface area contributed by atoms with Crippen LogP contribution >= 0.6 is 11.6 Å². The molecule has 0 fully saturated rings. The number of rotatable bonds is 1. The Morgan fingerprint density at radius 1 is 1.09 bits per heavy atom. The molecule has 1 aliphatic heterocycles. The number of halogens is 1. The summed E-state index contributed by atoms with van der Waals surface area (Å²) in [6.07, 6.45) is 1.35. The van der Waals surface area contributed by atoms with Gasteiger partial charge in [-0.3, -0.25) is 4.79 Å². The van der Waals surface area contributed by atoms with Crippen LogP contribution in [0.1, 0.15) is 24.5 Å². The monoisotopic (exact) mass is 310 g/mol. The van der Waals surface area contributed by atoms with E-state index in [2.05, 4.69) is 19.1 Å². The highest BCUT2D eigenvalue weighted by Crippen LogP contribution is 2.43. The largest absolute Gasteiger partial charge is 0.273 e. The summed E-state index contributed by atoms with van der Waals surface area (Å²) in [5, 5.41) is 6.85. The van der Waals surface area contributed by atoms with Gasteiger partial charge in [0, 0.05) is 22.4 Å². The zero-order valence-electron chi connectivity index (χ0n) is 12.2. The first-order valence-electron chi connectivity index (χ1n) is 7.33. The van der Waals surface area contributed by atoms with E-state index < -0.39 is 0 Å². The molecular weight excluding hydrogens is 296 g/mol. The lowest BCUT2D eigenvalue weighted by molar-refractivity contribution is -0.120. The summed E-state index contributed by atoms with van der Waals surface area (Å²) in [7, 11) is 0. The van der Waals surface area contributed by atoms with Gasteiger partial charge in [-0.2, -0.15) is 5.10 Å². The van der Waals surface area contributed by atoms with Gasteiger partial charge in [0.15, 0.2) is 0 Å². The van der Waals surface area contributed by atoms with Gasteiger partial charge in [-0.1, -0.05) is 42.8 Å². The average molecular weight is 311 g/mol. The predicted octanol–water partition coefficient (Wildman–Crippen LogP) is 4.04. The summed E-state index contributed by atoms with van der Waals surface area (Å²) in [5.41, 5.74) is 4.01. The summed E-state index contributed by atoms with van der Waals surface area (Å²) in [5.74, 6) is 0.0291. The molecule has 22 heavy (non-hydrogen) atoms. The minimum absolute atomic E-state index is 0.0291. The van der Waals surface area contributed by atoms with Crippen LogP contribution in [0.4, 0.5) is 5.69 Å². The maximum atomic E-state index is 12.6. The number of nitrogens with zero attached hydrogens (tertiary/aromatic N) is 2. The quantitative estimate of drug-likeness (QED) is 0.782. The van der Waals surface area contributed by atoms with Crippen molar-refractivity contribution in [3.8, 4) is 0 Å². The fraction of sp³-hybridized carbons (Fsp3) is 0.222. The average Bonchev–Trinajstić information content (AvgIpc) is 2.78. The van der Waals surface area contributed by atoms with Gasteiger partial charge < -0.3 is 0 Å². The molecule has 2 aliphatic rings. The second-order valence-electron chi connectivity index (χ2n) is 6.20. The highest BCUT2D eigenvalue weighted by molar-refractivity contribution is 6.30. The highest BCUT2D eigenvalue weighted by atomic mass is 35.5. The van der Waals surface area contributed by atoms with E-state index in [9.17, 15) is 4.79 Å². The van der Waals surface area contributed by atoms with Gasteiger partial charge in [0.2, 0.25) is 5.91 Å². The van der Waals surface area contributed by atoms with E-state index in [1.807, 2.05) is 24.3 Å². The fourth-order valence-electron chi connectivity index (χ4n) is 3.40. The minimum atomic E-state index is -0.191. The molecule has 1 heterocycles. The number of hydrogen-bond acceptors (Lipinski definition) is 2. The van der Waals surface area contributed by atoms with Gasteiger partial charge in [-0.25, -0.2) is 5.01 Å². The van der Waals surface area contributed by atoms with E-state index in [0.29, 0.717) is 11.4 Å². The van der Waals surface area contributed by atoms with Crippen molar-refractivity contribution in [2.45, 2.75) is 19.8 Å². The number of anilines is 1. The van der Waals surface area contributed by atoms with Crippen LogP contribution in [0.2, 0.25) is 5.02 Å². The maximum absolute atomic E-state index is 12.6. The van der Waals surface area contributed by atoms with Gasteiger partial charge in [0.05, 0.1) is 11.4 Å². The molecule has 1 aliphatic carbocycles. The molecule has 4 heteroatoms. The molecule has 3 nitrogen and oxygen atoms in total. The van der Waals surface area contributed by atoms with Gasteiger partial charge in [-0.05, 0) is 36.2 Å². The lowest BCUT2D eigenvalue weighted by Crippen LogP contribution is -2.41. The molecule has 2 aromatic carbocycles. The number of benzene rings is 2. The molecule has 2 aromatic rings. The Morgan fingerprint density at radius 2 is 1.82 bits per heavy atom. The third-order valence-electron chi connectivity index (χ3n) is 4.47. The van der Waals surface area contributed by atoms with Crippen molar-refractivity contribution in [1.82, 2.24) is 0 Å². The Balaban J connectivity index is 1.83. The van der Waals surface area contributed by atoms with E-state index in [-0.39, 0.29) is 11.3 Å². The third kappa shape index (κ3) is 1.97. The normalized spacial score (nSPS) is 23.1. The van der Waals surface area contributed by atoms with Crippen molar-refractivity contribution in [2.24, 2.45) is 10.5 Å². The second kappa shape index (κ2) is 4.68. The summed E-state index contributed by atoms with van der Waals surface area (Å²) < 4.78 is 0. The zero-order chi connectivity index (χ0) is 15.3. The summed E-state index contributed by atoms with van der Waals surface area (Å²) in [4.78, 5) is 12.6. The second-order valence-corrected chi connectivity index (χ2v) is 6.64. The van der Waals surface area contributed by atoms with Gasteiger partial charge in [0.1, 0.15) is 0 Å². The molecule has 4 rings (SSSR count). The molecule has 1 unspecified atom stereocenters. The summed E-state index contributed by atoms with van der Waals surface area (Å²) in [6.45, 7) is 2.13. The zero-order valence-corrected chi connectivity index (χ0v) is 13.0. The van der Waals surface area contributed by atoms with Crippen LogP contribution in [0.25, 0.3) is 0 Å². The van der Waals surface area contributed by atoms with Crippen LogP contribution in [-0.4, -0.2) is 11.6 Å². The summed E-state index contributed by atoms with van der Waals surface area (Å²) >= 11 is 5.93. The molecule has 0 aromatic heterocycles. The number of hydrazone groups is 1. The van der Waals surface area contributed by atoms with Crippen LogP contribution in [0.15, 0.2) is 53.6 Å². The molecular formula is C18H15ClN2O. The van der Waals surface area contributed by atoms with Crippen LogP contribution in [0.3, 0.4) is 0 Å². The molecule has 0 spiro atoms. The van der Waals surface area contributed by atoms with Crippen molar-refractivity contribution in [1.29, 1.82) is 0 Å². The standard InChI is InChI=1S/C18H15ClN2O/c1-18-10-12-4-2-3-5-15(12)17(18)20-21(16(22)11-18)14-8-6-13(19)7-9-14/h2-9H,10-11H2,1H3. The van der Waals surface area contributed by atoms with Crippen molar-refractivity contribution in [3.05, 3.63) is 64.7 Å². The van der Waals surface area contributed by atoms with Crippen LogP contribution in [0, 0.1) is 5.41 Å². The van der Waals surface area contributed by atoms with E-state index in [1.165, 1.54) is 10.6 Å². The first kappa shape index (κ1) is 13.5. The first-order valence-corrected chi connectivity index (χ1v) is 7.70. The number of hydrogen-bond donors (Lipinski definition) is 0. The number of amides is 1. The molecule has 0 radical (unpaired) electrons. The smallest absolute Gasteiger partial charge is 0.248 e. The maximum Gasteiger partial charge on any atom is 0.248 e. The lowest BCUT2D eigenvalue weighted by Gasteiger charge is -2.33. The van der Waals surface area contributed by atoms with E-state index in [4.69, 9.17) is 16.7 Å². The SMILES string of the molecule is CC12CC(=O)N(c3ccc(Cl)cc3)N=C1c1ccccc1C2. The number of carbonyl (C=O) groups is 1. The van der Waals surface area contributed by atoms with E-state index in [0.717, 1.165) is 23.4 Å². The third-order valence-corrected chi connectivity index (χ3v) is 4.73. The number of carbonyl (C=O) groups excluding carboxylic acids is 1. The molecule has 0 N–H and O–H groups in total. The Morgan fingerprint density at radius 3 is 2.59 bits per heavy atom. The van der Waals surface area contributed by atoms with E-state index in [1.54, 1.807) is 12.1 Å². The van der Waals surface area contributed by atoms with Gasteiger partial charge in [0.25, 0.3) is 0 Å². The molecule has 110 valence electrons. The van der Waals surface area contributed by atoms with Gasteiger partial charge in [-0.15, -0.1) is 0 Å². The number of fused-ring (bicyclic) bond motifs is 3. The predicted molar refractivity (Wildman–Crippen MR) is 88.3 cm³/mol. The molecule has 0 saturated carbocycles. The Kier molecular flexibility index (Phi) is 2.88. The van der Waals surface area contributed by atoms with Crippen LogP contribution in [-0.2, 0) is 11.2 Å².